The molecule has 2 heterocycles. The van der Waals surface area contributed by atoms with Gasteiger partial charge in [0.15, 0.2) is 6.23 Å². The quantitative estimate of drug-likeness (QED) is 0.878. The van der Waals surface area contributed by atoms with Crippen molar-refractivity contribution < 1.29 is 9.57 Å². The molecule has 1 atom stereocenters. The molecule has 1 aliphatic rings. The predicted molar refractivity (Wildman–Crippen MR) is 69.4 cm³/mol. The summed E-state index contributed by atoms with van der Waals surface area (Å²) in [7, 11) is 1.60. The first-order chi connectivity index (χ1) is 8.60. The van der Waals surface area contributed by atoms with Gasteiger partial charge in [0.05, 0.1) is 12.8 Å². The van der Waals surface area contributed by atoms with Crippen LogP contribution in [-0.2, 0) is 4.84 Å². The topological polar surface area (TPSA) is 60.6 Å². The molecule has 0 radical (unpaired) electrons. The van der Waals surface area contributed by atoms with Crippen LogP contribution in [-0.4, -0.2) is 29.9 Å². The molecule has 5 nitrogen and oxygen atoms in total. The average Bonchev–Trinajstić information content (AvgIpc) is 2.69. The van der Waals surface area contributed by atoms with Crippen LogP contribution in [0, 0.1) is 5.92 Å². The summed E-state index contributed by atoms with van der Waals surface area (Å²) in [6.07, 6.45) is 3.27. The molecule has 0 fully saturated rings. The van der Waals surface area contributed by atoms with E-state index in [-0.39, 0.29) is 6.23 Å². The van der Waals surface area contributed by atoms with Crippen LogP contribution in [0.2, 0.25) is 0 Å². The number of hydroxylamine groups is 2. The maximum Gasteiger partial charge on any atom is 0.212 e. The molecule has 5 heteroatoms. The standard InChI is InChI=1S/C13H19N3O2/c1-9(2)8-16-11(6-12(14)18-16)10-4-5-13(17-3)15-7-10/h4-7,9,12H,8,14H2,1-3H3. The number of nitrogens with two attached hydrogens (primary N) is 1. The molecule has 2 N–H and O–H groups in total. The smallest absolute Gasteiger partial charge is 0.212 e. The fraction of sp³-hybridized carbons (Fsp3) is 0.462. The van der Waals surface area contributed by atoms with E-state index in [1.807, 2.05) is 23.3 Å². The molecule has 1 aliphatic heterocycles. The summed E-state index contributed by atoms with van der Waals surface area (Å²) in [5, 5.41) is 1.83. The Morgan fingerprint density at radius 1 is 1.50 bits per heavy atom. The average molecular weight is 249 g/mol. The van der Waals surface area contributed by atoms with Gasteiger partial charge in [0.1, 0.15) is 0 Å². The van der Waals surface area contributed by atoms with Gasteiger partial charge in [-0.2, -0.15) is 0 Å². The van der Waals surface area contributed by atoms with E-state index < -0.39 is 0 Å². The van der Waals surface area contributed by atoms with Crippen molar-refractivity contribution in [1.82, 2.24) is 10.0 Å². The first-order valence-corrected chi connectivity index (χ1v) is 6.02. The van der Waals surface area contributed by atoms with Crippen molar-refractivity contribution in [2.24, 2.45) is 11.7 Å². The summed E-state index contributed by atoms with van der Waals surface area (Å²) in [5.74, 6) is 1.09. The Bertz CT molecular complexity index is 428. The van der Waals surface area contributed by atoms with Crippen molar-refractivity contribution in [3.8, 4) is 5.88 Å². The predicted octanol–water partition coefficient (Wildman–Crippen LogP) is 1.62. The van der Waals surface area contributed by atoms with Crippen LogP contribution in [0.3, 0.4) is 0 Å². The van der Waals surface area contributed by atoms with Crippen molar-refractivity contribution in [3.63, 3.8) is 0 Å². The van der Waals surface area contributed by atoms with Gasteiger partial charge in [-0.1, -0.05) is 13.8 Å². The highest BCUT2D eigenvalue weighted by atomic mass is 16.7. The summed E-state index contributed by atoms with van der Waals surface area (Å²) >= 11 is 0. The fourth-order valence-corrected chi connectivity index (χ4v) is 1.84. The van der Waals surface area contributed by atoms with E-state index in [9.17, 15) is 0 Å². The third-order valence-electron chi connectivity index (χ3n) is 2.61. The molecule has 0 saturated heterocycles. The van der Waals surface area contributed by atoms with Gasteiger partial charge >= 0.3 is 0 Å². The van der Waals surface area contributed by atoms with Crippen molar-refractivity contribution in [3.05, 3.63) is 30.0 Å². The zero-order valence-corrected chi connectivity index (χ0v) is 11.0. The maximum absolute atomic E-state index is 5.80. The van der Waals surface area contributed by atoms with Gasteiger partial charge in [-0.15, -0.1) is 0 Å². The lowest BCUT2D eigenvalue weighted by Crippen LogP contribution is -2.28. The molecule has 1 aromatic rings. The number of pyridine rings is 1. The summed E-state index contributed by atoms with van der Waals surface area (Å²) in [6.45, 7) is 5.07. The Morgan fingerprint density at radius 3 is 2.83 bits per heavy atom. The summed E-state index contributed by atoms with van der Waals surface area (Å²) < 4.78 is 5.04. The van der Waals surface area contributed by atoms with Crippen LogP contribution >= 0.6 is 0 Å². The molecule has 1 aromatic heterocycles. The van der Waals surface area contributed by atoms with Gasteiger partial charge < -0.3 is 10.5 Å². The van der Waals surface area contributed by atoms with Gasteiger partial charge in [0.25, 0.3) is 0 Å². The normalized spacial score (nSPS) is 19.3. The van der Waals surface area contributed by atoms with Crippen LogP contribution in [0.15, 0.2) is 24.4 Å². The Kier molecular flexibility index (Phi) is 3.84. The highest BCUT2D eigenvalue weighted by molar-refractivity contribution is 5.64. The Hall–Kier alpha value is -1.59. The van der Waals surface area contributed by atoms with E-state index in [1.165, 1.54) is 0 Å². The number of hydrogen-bond acceptors (Lipinski definition) is 5. The molecule has 0 amide bonds. The summed E-state index contributed by atoms with van der Waals surface area (Å²) in [5.41, 5.74) is 7.74. The van der Waals surface area contributed by atoms with Gasteiger partial charge in [-0.3, -0.25) is 9.90 Å². The number of methoxy groups -OCH3 is 1. The molecule has 18 heavy (non-hydrogen) atoms. The summed E-state index contributed by atoms with van der Waals surface area (Å²) in [6, 6.07) is 3.78. The van der Waals surface area contributed by atoms with Crippen LogP contribution < -0.4 is 10.5 Å². The second-order valence-electron chi connectivity index (χ2n) is 4.67. The Morgan fingerprint density at radius 2 is 2.28 bits per heavy atom. The molecule has 0 spiro atoms. The molecular formula is C13H19N3O2. The minimum Gasteiger partial charge on any atom is -0.481 e. The minimum absolute atomic E-state index is 0.388. The van der Waals surface area contributed by atoms with Gasteiger partial charge in [0, 0.05) is 24.4 Å². The fourth-order valence-electron chi connectivity index (χ4n) is 1.84. The van der Waals surface area contributed by atoms with Crippen LogP contribution in [0.25, 0.3) is 5.70 Å². The van der Waals surface area contributed by atoms with E-state index in [0.717, 1.165) is 17.8 Å². The first kappa shape index (κ1) is 12.9. The molecule has 0 aliphatic carbocycles. The second kappa shape index (κ2) is 5.37. The van der Waals surface area contributed by atoms with Gasteiger partial charge in [0.2, 0.25) is 5.88 Å². The van der Waals surface area contributed by atoms with Crippen LogP contribution in [0.4, 0.5) is 0 Å². The number of ether oxygens (including phenoxy) is 1. The number of nitrogens with zero attached hydrogens (tertiary/aromatic N) is 2. The first-order valence-electron chi connectivity index (χ1n) is 6.02. The third kappa shape index (κ3) is 2.80. The van der Waals surface area contributed by atoms with Crippen molar-refractivity contribution >= 4 is 5.70 Å². The molecule has 0 aromatic carbocycles. The molecule has 1 unspecified atom stereocenters. The highest BCUT2D eigenvalue weighted by Crippen LogP contribution is 2.27. The number of hydrogen-bond donors (Lipinski definition) is 1. The third-order valence-corrected chi connectivity index (χ3v) is 2.61. The van der Waals surface area contributed by atoms with E-state index in [0.29, 0.717) is 11.8 Å². The molecule has 0 saturated carbocycles. The highest BCUT2D eigenvalue weighted by Gasteiger charge is 2.24. The van der Waals surface area contributed by atoms with Crippen molar-refractivity contribution in [2.45, 2.75) is 20.1 Å². The van der Waals surface area contributed by atoms with Gasteiger partial charge in [-0.05, 0) is 18.1 Å². The Balaban J connectivity index is 2.20. The maximum atomic E-state index is 5.80. The SMILES string of the molecule is COc1ccc(C2=CC(N)ON2CC(C)C)cn1. The molecular weight excluding hydrogens is 230 g/mol. The largest absolute Gasteiger partial charge is 0.481 e. The lowest BCUT2D eigenvalue weighted by atomic mass is 10.1. The van der Waals surface area contributed by atoms with Gasteiger partial charge in [-0.25, -0.2) is 4.98 Å². The molecule has 2 rings (SSSR count). The van der Waals surface area contributed by atoms with E-state index >= 15 is 0 Å². The van der Waals surface area contributed by atoms with Crippen LogP contribution in [0.1, 0.15) is 19.4 Å². The van der Waals surface area contributed by atoms with E-state index in [2.05, 4.69) is 18.8 Å². The van der Waals surface area contributed by atoms with Crippen LogP contribution in [0.5, 0.6) is 5.88 Å². The summed E-state index contributed by atoms with van der Waals surface area (Å²) in [4.78, 5) is 9.75. The second-order valence-corrected chi connectivity index (χ2v) is 4.67. The lowest BCUT2D eigenvalue weighted by molar-refractivity contribution is -0.124. The monoisotopic (exact) mass is 249 g/mol. The van der Waals surface area contributed by atoms with E-state index in [1.54, 1.807) is 13.3 Å². The Labute approximate surface area is 107 Å². The zero-order valence-electron chi connectivity index (χ0n) is 11.0. The molecule has 98 valence electrons. The van der Waals surface area contributed by atoms with Crippen molar-refractivity contribution in [1.29, 1.82) is 0 Å². The number of aromatic nitrogens is 1. The van der Waals surface area contributed by atoms with E-state index in [4.69, 9.17) is 15.3 Å². The lowest BCUT2D eigenvalue weighted by Gasteiger charge is -2.23. The number of rotatable bonds is 4. The van der Waals surface area contributed by atoms with Crippen molar-refractivity contribution in [2.75, 3.05) is 13.7 Å². The zero-order chi connectivity index (χ0) is 13.1. The molecule has 0 bridgehead atoms. The minimum atomic E-state index is -0.388.